The lowest BCUT2D eigenvalue weighted by Gasteiger charge is -2.08. The highest BCUT2D eigenvalue weighted by molar-refractivity contribution is 9.09. The maximum atomic E-state index is 4.60. The number of aliphatic imine (C=N–C) groups is 1. The van der Waals surface area contributed by atoms with Gasteiger partial charge in [-0.25, -0.2) is 0 Å². The van der Waals surface area contributed by atoms with Crippen molar-refractivity contribution in [3.8, 4) is 0 Å². The van der Waals surface area contributed by atoms with Crippen molar-refractivity contribution >= 4 is 38.5 Å². The number of benzene rings is 1. The minimum Gasteiger partial charge on any atom is -0.335 e. The van der Waals surface area contributed by atoms with E-state index >= 15 is 0 Å². The monoisotopic (exact) mass is 298 g/mol. The molecule has 1 N–H and O–H groups in total. The summed E-state index contributed by atoms with van der Waals surface area (Å²) < 4.78 is 0. The SMILES string of the molecule is Cc1cccc(NC2=NC(C)C(CBr)S2)c1. The van der Waals surface area contributed by atoms with Crippen molar-refractivity contribution in [3.05, 3.63) is 29.8 Å². The lowest BCUT2D eigenvalue weighted by molar-refractivity contribution is 0.758. The zero-order valence-corrected chi connectivity index (χ0v) is 11.8. The first-order valence-corrected chi connectivity index (χ1v) is 7.33. The number of halogens is 1. The molecule has 86 valence electrons. The van der Waals surface area contributed by atoms with Crippen LogP contribution in [0.15, 0.2) is 29.3 Å². The third kappa shape index (κ3) is 2.80. The minimum atomic E-state index is 0.386. The van der Waals surface area contributed by atoms with Gasteiger partial charge in [0.15, 0.2) is 5.17 Å². The Balaban J connectivity index is 2.04. The summed E-state index contributed by atoms with van der Waals surface area (Å²) >= 11 is 5.33. The highest BCUT2D eigenvalue weighted by Gasteiger charge is 2.25. The summed E-state index contributed by atoms with van der Waals surface area (Å²) in [6.07, 6.45) is 0. The van der Waals surface area contributed by atoms with E-state index in [0.29, 0.717) is 11.3 Å². The second kappa shape index (κ2) is 5.23. The first-order chi connectivity index (χ1) is 7.69. The van der Waals surface area contributed by atoms with Crippen LogP contribution in [-0.2, 0) is 0 Å². The van der Waals surface area contributed by atoms with Crippen molar-refractivity contribution in [2.45, 2.75) is 25.1 Å². The second-order valence-corrected chi connectivity index (χ2v) is 5.86. The third-order valence-corrected chi connectivity index (χ3v) is 4.96. The number of aryl methyl sites for hydroxylation is 1. The maximum Gasteiger partial charge on any atom is 0.161 e. The Hall–Kier alpha value is -0.480. The smallest absolute Gasteiger partial charge is 0.161 e. The van der Waals surface area contributed by atoms with Crippen molar-refractivity contribution in [2.24, 2.45) is 4.99 Å². The van der Waals surface area contributed by atoms with Crippen LogP contribution >= 0.6 is 27.7 Å². The highest BCUT2D eigenvalue weighted by atomic mass is 79.9. The van der Waals surface area contributed by atoms with Crippen molar-refractivity contribution in [1.29, 1.82) is 0 Å². The standard InChI is InChI=1S/C12H15BrN2S/c1-8-4-3-5-10(6-8)15-12-14-9(2)11(7-13)16-12/h3-6,9,11H,7H2,1-2H3,(H,14,15). The first kappa shape index (κ1) is 12.0. The van der Waals surface area contributed by atoms with Gasteiger partial charge >= 0.3 is 0 Å². The summed E-state index contributed by atoms with van der Waals surface area (Å²) in [5.41, 5.74) is 2.38. The van der Waals surface area contributed by atoms with E-state index in [2.05, 4.69) is 64.4 Å². The molecule has 2 unspecified atom stereocenters. The van der Waals surface area contributed by atoms with Crippen LogP contribution < -0.4 is 5.32 Å². The van der Waals surface area contributed by atoms with Crippen molar-refractivity contribution in [1.82, 2.24) is 0 Å². The van der Waals surface area contributed by atoms with Gasteiger partial charge in [-0.15, -0.1) is 0 Å². The Morgan fingerprint density at radius 1 is 1.50 bits per heavy atom. The molecule has 1 aliphatic heterocycles. The molecule has 0 spiro atoms. The van der Waals surface area contributed by atoms with Crippen LogP contribution in [0.2, 0.25) is 0 Å². The van der Waals surface area contributed by atoms with Gasteiger partial charge in [-0.1, -0.05) is 39.8 Å². The van der Waals surface area contributed by atoms with Crippen molar-refractivity contribution in [3.63, 3.8) is 0 Å². The number of amidine groups is 1. The quantitative estimate of drug-likeness (QED) is 0.843. The molecule has 0 bridgehead atoms. The van der Waals surface area contributed by atoms with Gasteiger partial charge in [0, 0.05) is 16.3 Å². The fourth-order valence-electron chi connectivity index (χ4n) is 1.61. The topological polar surface area (TPSA) is 24.4 Å². The van der Waals surface area contributed by atoms with Gasteiger partial charge in [-0.3, -0.25) is 4.99 Å². The van der Waals surface area contributed by atoms with E-state index in [-0.39, 0.29) is 0 Å². The van der Waals surface area contributed by atoms with Gasteiger partial charge in [0.05, 0.1) is 6.04 Å². The third-order valence-electron chi connectivity index (χ3n) is 2.54. The van der Waals surface area contributed by atoms with Crippen LogP contribution in [0, 0.1) is 6.92 Å². The normalized spacial score (nSPS) is 24.3. The number of nitrogens with zero attached hydrogens (tertiary/aromatic N) is 1. The Labute approximate surface area is 109 Å². The Kier molecular flexibility index (Phi) is 3.92. The van der Waals surface area contributed by atoms with E-state index in [4.69, 9.17) is 0 Å². The molecule has 0 fully saturated rings. The van der Waals surface area contributed by atoms with E-state index in [1.165, 1.54) is 5.56 Å². The van der Waals surface area contributed by atoms with Crippen LogP contribution in [0.4, 0.5) is 5.69 Å². The van der Waals surface area contributed by atoms with Crippen LogP contribution in [0.3, 0.4) is 0 Å². The number of alkyl halides is 1. The molecule has 0 radical (unpaired) electrons. The Morgan fingerprint density at radius 3 is 2.94 bits per heavy atom. The summed E-state index contributed by atoms with van der Waals surface area (Å²) in [6.45, 7) is 4.25. The van der Waals surface area contributed by atoms with E-state index < -0.39 is 0 Å². The molecule has 16 heavy (non-hydrogen) atoms. The summed E-state index contributed by atoms with van der Waals surface area (Å²) in [7, 11) is 0. The average Bonchev–Trinajstić information content (AvgIpc) is 2.58. The summed E-state index contributed by atoms with van der Waals surface area (Å²) in [5, 5.41) is 5.93. The summed E-state index contributed by atoms with van der Waals surface area (Å²) in [5.74, 6) is 0. The van der Waals surface area contributed by atoms with E-state index in [1.807, 2.05) is 11.8 Å². The predicted molar refractivity (Wildman–Crippen MR) is 76.9 cm³/mol. The van der Waals surface area contributed by atoms with Gasteiger partial charge < -0.3 is 5.32 Å². The predicted octanol–water partition coefficient (Wildman–Crippen LogP) is 3.66. The lowest BCUT2D eigenvalue weighted by atomic mass is 10.2. The molecule has 1 aromatic rings. The molecule has 0 saturated heterocycles. The van der Waals surface area contributed by atoms with Gasteiger partial charge in [-0.2, -0.15) is 0 Å². The van der Waals surface area contributed by atoms with Gasteiger partial charge in [0.1, 0.15) is 0 Å². The number of nitrogens with one attached hydrogen (secondary N) is 1. The molecule has 2 atom stereocenters. The van der Waals surface area contributed by atoms with Crippen molar-refractivity contribution < 1.29 is 0 Å². The molecule has 0 amide bonds. The number of hydrogen-bond donors (Lipinski definition) is 1. The molecule has 0 aliphatic carbocycles. The van der Waals surface area contributed by atoms with Crippen LogP contribution in [0.5, 0.6) is 0 Å². The molecule has 1 aromatic carbocycles. The van der Waals surface area contributed by atoms with E-state index in [1.54, 1.807) is 0 Å². The molecule has 1 heterocycles. The number of hydrogen-bond acceptors (Lipinski definition) is 3. The molecule has 2 rings (SSSR count). The van der Waals surface area contributed by atoms with Crippen LogP contribution in [0.25, 0.3) is 0 Å². The van der Waals surface area contributed by atoms with Gasteiger partial charge in [0.25, 0.3) is 0 Å². The van der Waals surface area contributed by atoms with Crippen LogP contribution in [0.1, 0.15) is 12.5 Å². The molecule has 1 aliphatic rings. The van der Waals surface area contributed by atoms with Gasteiger partial charge in [-0.05, 0) is 31.5 Å². The summed E-state index contributed by atoms with van der Waals surface area (Å²) in [4.78, 5) is 4.60. The van der Waals surface area contributed by atoms with E-state index in [9.17, 15) is 0 Å². The van der Waals surface area contributed by atoms with Gasteiger partial charge in [0.2, 0.25) is 0 Å². The number of rotatable bonds is 2. The zero-order valence-electron chi connectivity index (χ0n) is 9.40. The second-order valence-electron chi connectivity index (χ2n) is 3.98. The van der Waals surface area contributed by atoms with E-state index in [0.717, 1.165) is 16.2 Å². The Morgan fingerprint density at radius 2 is 2.31 bits per heavy atom. The molecule has 0 aromatic heterocycles. The lowest BCUT2D eigenvalue weighted by Crippen LogP contribution is -2.14. The number of anilines is 1. The molecule has 0 saturated carbocycles. The number of thioether (sulfide) groups is 1. The largest absolute Gasteiger partial charge is 0.335 e. The minimum absolute atomic E-state index is 0.386. The van der Waals surface area contributed by atoms with Crippen molar-refractivity contribution in [2.75, 3.05) is 10.6 Å². The first-order valence-electron chi connectivity index (χ1n) is 5.33. The Bertz CT molecular complexity index is 406. The fraction of sp³-hybridized carbons (Fsp3) is 0.417. The molecule has 2 nitrogen and oxygen atoms in total. The zero-order chi connectivity index (χ0) is 11.5. The average molecular weight is 299 g/mol. The van der Waals surface area contributed by atoms with Crippen LogP contribution in [-0.4, -0.2) is 21.8 Å². The highest BCUT2D eigenvalue weighted by Crippen LogP contribution is 2.28. The fourth-order valence-corrected chi connectivity index (χ4v) is 3.56. The molecular weight excluding hydrogens is 284 g/mol. The molecular formula is C12H15BrN2S. The maximum absolute atomic E-state index is 4.60. The molecule has 4 heteroatoms. The summed E-state index contributed by atoms with van der Waals surface area (Å²) in [6, 6.07) is 8.75.